The van der Waals surface area contributed by atoms with Gasteiger partial charge in [-0.2, -0.15) is 0 Å². The molecule has 1 fully saturated rings. The van der Waals surface area contributed by atoms with Gasteiger partial charge in [0.05, 0.1) is 6.61 Å². The van der Waals surface area contributed by atoms with Gasteiger partial charge in [0, 0.05) is 6.61 Å². The summed E-state index contributed by atoms with van der Waals surface area (Å²) in [4.78, 5) is 0. The normalized spacial score (nSPS) is 27.1. The number of hydrogen-bond donors (Lipinski definition) is 4. The number of unbranched alkanes of at least 4 members (excludes halogenated alkanes) is 12. The van der Waals surface area contributed by atoms with Crippen LogP contribution in [0.3, 0.4) is 0 Å². The zero-order valence-electron chi connectivity index (χ0n) is 19.4. The third kappa shape index (κ3) is 12.0. The lowest BCUT2D eigenvalue weighted by Gasteiger charge is -2.39. The Morgan fingerprint density at radius 1 is 0.667 bits per heavy atom. The molecular formula is C24H48O6. The summed E-state index contributed by atoms with van der Waals surface area (Å²) in [7, 11) is 0. The molecule has 180 valence electrons. The molecule has 0 amide bonds. The Labute approximate surface area is 184 Å². The topological polar surface area (TPSA) is 99.4 Å². The van der Waals surface area contributed by atoms with E-state index < -0.39 is 37.3 Å². The van der Waals surface area contributed by atoms with Crippen molar-refractivity contribution in [3.8, 4) is 0 Å². The second-order valence-corrected chi connectivity index (χ2v) is 9.35. The molecule has 0 aromatic rings. The molecule has 1 aliphatic heterocycles. The van der Waals surface area contributed by atoms with Crippen LogP contribution in [0, 0.1) is 5.92 Å². The number of aliphatic hydroxyl groups is 4. The van der Waals surface area contributed by atoms with E-state index >= 15 is 0 Å². The molecule has 1 rings (SSSR count). The van der Waals surface area contributed by atoms with Crippen molar-refractivity contribution in [3.05, 3.63) is 0 Å². The number of aliphatic hydroxyl groups excluding tert-OH is 4. The molecule has 1 saturated heterocycles. The summed E-state index contributed by atoms with van der Waals surface area (Å²) in [5.74, 6) is 0.847. The lowest BCUT2D eigenvalue weighted by Crippen LogP contribution is -2.59. The molecule has 6 heteroatoms. The maximum atomic E-state index is 9.91. The molecule has 6 nitrogen and oxygen atoms in total. The summed E-state index contributed by atoms with van der Waals surface area (Å²) in [6.45, 7) is 4.61. The average Bonchev–Trinajstić information content (AvgIpc) is 2.73. The summed E-state index contributed by atoms with van der Waals surface area (Å²) in [5.41, 5.74) is 0. The Hall–Kier alpha value is -0.240. The molecule has 0 aliphatic carbocycles. The standard InChI is InChI=1S/C24H48O6/c1-19(2)16-14-12-10-8-6-4-3-5-7-9-11-13-15-17-29-24-23(28)22(27)21(26)20(18-25)30-24/h19-28H,3-18H2,1-2H3. The number of rotatable bonds is 18. The van der Waals surface area contributed by atoms with E-state index in [-0.39, 0.29) is 0 Å². The van der Waals surface area contributed by atoms with Gasteiger partial charge in [-0.3, -0.25) is 0 Å². The summed E-state index contributed by atoms with van der Waals surface area (Å²) in [5, 5.41) is 38.6. The van der Waals surface area contributed by atoms with Crippen molar-refractivity contribution in [2.24, 2.45) is 5.92 Å². The maximum Gasteiger partial charge on any atom is 0.186 e. The van der Waals surface area contributed by atoms with Crippen molar-refractivity contribution in [2.45, 2.75) is 134 Å². The summed E-state index contributed by atoms with van der Waals surface area (Å²) in [6.07, 6.45) is 12.1. The minimum absolute atomic E-state index is 0.427. The highest BCUT2D eigenvalue weighted by atomic mass is 16.7. The quantitative estimate of drug-likeness (QED) is 0.245. The van der Waals surface area contributed by atoms with E-state index in [9.17, 15) is 20.4 Å². The molecule has 0 radical (unpaired) electrons. The number of ether oxygens (including phenoxy) is 2. The third-order valence-corrected chi connectivity index (χ3v) is 6.06. The van der Waals surface area contributed by atoms with Gasteiger partial charge in [-0.25, -0.2) is 0 Å². The van der Waals surface area contributed by atoms with Gasteiger partial charge in [0.1, 0.15) is 24.4 Å². The second-order valence-electron chi connectivity index (χ2n) is 9.35. The van der Waals surface area contributed by atoms with Crippen LogP contribution in [-0.4, -0.2) is 64.3 Å². The smallest absolute Gasteiger partial charge is 0.186 e. The van der Waals surface area contributed by atoms with Crippen LogP contribution < -0.4 is 0 Å². The fourth-order valence-electron chi connectivity index (χ4n) is 4.00. The van der Waals surface area contributed by atoms with Crippen LogP contribution in [0.5, 0.6) is 0 Å². The molecule has 0 aromatic heterocycles. The average molecular weight is 433 g/mol. The Balaban J connectivity index is 1.87. The molecule has 4 N–H and O–H groups in total. The predicted molar refractivity (Wildman–Crippen MR) is 119 cm³/mol. The first kappa shape index (κ1) is 27.8. The number of hydrogen-bond acceptors (Lipinski definition) is 6. The summed E-state index contributed by atoms with van der Waals surface area (Å²) in [6, 6.07) is 0. The van der Waals surface area contributed by atoms with Crippen LogP contribution in [0.15, 0.2) is 0 Å². The fourth-order valence-corrected chi connectivity index (χ4v) is 4.00. The minimum atomic E-state index is -1.37. The van der Waals surface area contributed by atoms with Crippen molar-refractivity contribution in [1.29, 1.82) is 0 Å². The molecule has 5 unspecified atom stereocenters. The molecule has 30 heavy (non-hydrogen) atoms. The predicted octanol–water partition coefficient (Wildman–Crippen LogP) is 3.92. The molecule has 0 saturated carbocycles. The Kier molecular flexibility index (Phi) is 16.1. The largest absolute Gasteiger partial charge is 0.394 e. The molecule has 1 heterocycles. The van der Waals surface area contributed by atoms with E-state index in [2.05, 4.69) is 13.8 Å². The van der Waals surface area contributed by atoms with Gasteiger partial charge in [0.15, 0.2) is 6.29 Å². The highest BCUT2D eigenvalue weighted by Crippen LogP contribution is 2.22. The Morgan fingerprint density at radius 3 is 1.60 bits per heavy atom. The summed E-state index contributed by atoms with van der Waals surface area (Å²) < 4.78 is 10.8. The van der Waals surface area contributed by atoms with Gasteiger partial charge in [-0.05, 0) is 12.3 Å². The van der Waals surface area contributed by atoms with Crippen LogP contribution in [0.1, 0.15) is 104 Å². The van der Waals surface area contributed by atoms with E-state index in [1.165, 1.54) is 77.0 Å². The van der Waals surface area contributed by atoms with Crippen LogP contribution in [-0.2, 0) is 9.47 Å². The molecular weight excluding hydrogens is 384 g/mol. The van der Waals surface area contributed by atoms with E-state index in [0.717, 1.165) is 18.8 Å². The van der Waals surface area contributed by atoms with Crippen LogP contribution in [0.4, 0.5) is 0 Å². The molecule has 0 bridgehead atoms. The van der Waals surface area contributed by atoms with Crippen LogP contribution in [0.2, 0.25) is 0 Å². The lowest BCUT2D eigenvalue weighted by molar-refractivity contribution is -0.301. The molecule has 0 spiro atoms. The Morgan fingerprint density at radius 2 is 1.13 bits per heavy atom. The zero-order chi connectivity index (χ0) is 22.2. The van der Waals surface area contributed by atoms with Crippen LogP contribution >= 0.6 is 0 Å². The first-order valence-electron chi connectivity index (χ1n) is 12.4. The Bertz CT molecular complexity index is 390. The van der Waals surface area contributed by atoms with E-state index in [0.29, 0.717) is 6.61 Å². The minimum Gasteiger partial charge on any atom is -0.394 e. The van der Waals surface area contributed by atoms with Crippen molar-refractivity contribution in [1.82, 2.24) is 0 Å². The van der Waals surface area contributed by atoms with Gasteiger partial charge in [0.2, 0.25) is 0 Å². The molecule has 5 atom stereocenters. The van der Waals surface area contributed by atoms with Crippen molar-refractivity contribution < 1.29 is 29.9 Å². The fraction of sp³-hybridized carbons (Fsp3) is 1.00. The highest BCUT2D eigenvalue weighted by molar-refractivity contribution is 4.88. The van der Waals surface area contributed by atoms with Gasteiger partial charge >= 0.3 is 0 Å². The SMILES string of the molecule is CC(C)CCCCCCCCCCCCCCCOC1OC(CO)C(O)C(O)C1O. The third-order valence-electron chi connectivity index (χ3n) is 6.06. The first-order valence-corrected chi connectivity index (χ1v) is 12.4. The summed E-state index contributed by atoms with van der Waals surface area (Å²) >= 11 is 0. The van der Waals surface area contributed by atoms with Gasteiger partial charge < -0.3 is 29.9 Å². The zero-order valence-corrected chi connectivity index (χ0v) is 19.4. The van der Waals surface area contributed by atoms with E-state index in [4.69, 9.17) is 9.47 Å². The van der Waals surface area contributed by atoms with Gasteiger partial charge in [0.25, 0.3) is 0 Å². The van der Waals surface area contributed by atoms with Crippen LogP contribution in [0.25, 0.3) is 0 Å². The molecule has 0 aromatic carbocycles. The van der Waals surface area contributed by atoms with E-state index in [1.807, 2.05) is 0 Å². The van der Waals surface area contributed by atoms with Crippen molar-refractivity contribution in [2.75, 3.05) is 13.2 Å². The van der Waals surface area contributed by atoms with Crippen molar-refractivity contribution in [3.63, 3.8) is 0 Å². The lowest BCUT2D eigenvalue weighted by atomic mass is 9.99. The monoisotopic (exact) mass is 432 g/mol. The maximum absolute atomic E-state index is 9.91. The first-order chi connectivity index (χ1) is 14.5. The second kappa shape index (κ2) is 17.3. The van der Waals surface area contributed by atoms with E-state index in [1.54, 1.807) is 0 Å². The van der Waals surface area contributed by atoms with Gasteiger partial charge in [-0.1, -0.05) is 97.3 Å². The van der Waals surface area contributed by atoms with Crippen molar-refractivity contribution >= 4 is 0 Å². The molecule has 1 aliphatic rings. The highest BCUT2D eigenvalue weighted by Gasteiger charge is 2.43. The van der Waals surface area contributed by atoms with Gasteiger partial charge in [-0.15, -0.1) is 0 Å².